The minimum absolute atomic E-state index is 0.220. The number of benzene rings is 2. The van der Waals surface area contributed by atoms with E-state index in [1.165, 1.54) is 24.0 Å². The number of H-pyrrole nitrogens is 1. The molecule has 1 aliphatic heterocycles. The standard InChI is InChI=1S/C29H33ClN6O/c1-19-17-35(8-9-36(19)10-11-37)18-20-12-22(21-6-7-21)14-23(13-20)33-29-32-16-26(30)28(34-29)25-15-31-27-5-3-2-4-24(25)27/h2-5,12-16,19,21,31,37H,6-11,17-18H2,1H3,(H,32,33,34)/t19-/m0/s1. The van der Waals surface area contributed by atoms with Crippen molar-refractivity contribution in [2.24, 2.45) is 0 Å². The Bertz CT molecular complexity index is 1400. The van der Waals surface area contributed by atoms with Crippen LogP contribution in [0.25, 0.3) is 22.2 Å². The second kappa shape index (κ2) is 10.4. The minimum Gasteiger partial charge on any atom is -0.395 e. The molecule has 3 heterocycles. The Morgan fingerprint density at radius 1 is 1.16 bits per heavy atom. The molecule has 1 aliphatic carbocycles. The van der Waals surface area contributed by atoms with Gasteiger partial charge < -0.3 is 15.4 Å². The topological polar surface area (TPSA) is 80.3 Å². The van der Waals surface area contributed by atoms with Crippen LogP contribution >= 0.6 is 11.6 Å². The van der Waals surface area contributed by atoms with E-state index in [1.54, 1.807) is 6.20 Å². The monoisotopic (exact) mass is 516 g/mol. The fourth-order valence-electron chi connectivity index (χ4n) is 5.48. The van der Waals surface area contributed by atoms with E-state index < -0.39 is 0 Å². The van der Waals surface area contributed by atoms with Gasteiger partial charge in [0.2, 0.25) is 5.95 Å². The largest absolute Gasteiger partial charge is 0.395 e. The summed E-state index contributed by atoms with van der Waals surface area (Å²) in [7, 11) is 0. The Morgan fingerprint density at radius 2 is 2.03 bits per heavy atom. The molecule has 3 N–H and O–H groups in total. The highest BCUT2D eigenvalue weighted by molar-refractivity contribution is 6.33. The first kappa shape index (κ1) is 24.4. The van der Waals surface area contributed by atoms with Crippen LogP contribution in [0.3, 0.4) is 0 Å². The van der Waals surface area contributed by atoms with Crippen molar-refractivity contribution in [2.75, 3.05) is 38.1 Å². The molecule has 0 unspecified atom stereocenters. The number of nitrogens with zero attached hydrogens (tertiary/aromatic N) is 4. The van der Waals surface area contributed by atoms with Gasteiger partial charge in [0.15, 0.2) is 0 Å². The molecule has 1 atom stereocenters. The van der Waals surface area contributed by atoms with Gasteiger partial charge in [-0.25, -0.2) is 9.97 Å². The number of aromatic amines is 1. The molecule has 37 heavy (non-hydrogen) atoms. The highest BCUT2D eigenvalue weighted by Crippen LogP contribution is 2.42. The second-order valence-corrected chi connectivity index (χ2v) is 10.8. The third-order valence-electron chi connectivity index (χ3n) is 7.55. The predicted octanol–water partition coefficient (Wildman–Crippen LogP) is 5.40. The fourth-order valence-corrected chi connectivity index (χ4v) is 5.67. The molecule has 8 heteroatoms. The summed E-state index contributed by atoms with van der Waals surface area (Å²) >= 11 is 6.55. The summed E-state index contributed by atoms with van der Waals surface area (Å²) < 4.78 is 0. The maximum atomic E-state index is 9.33. The molecule has 0 bridgehead atoms. The van der Waals surface area contributed by atoms with Gasteiger partial charge in [-0.2, -0.15) is 0 Å². The number of fused-ring (bicyclic) bond motifs is 1. The summed E-state index contributed by atoms with van der Waals surface area (Å²) in [6, 6.07) is 15.4. The molecule has 0 amide bonds. The van der Waals surface area contributed by atoms with Gasteiger partial charge in [-0.3, -0.25) is 9.80 Å². The van der Waals surface area contributed by atoms with Crippen molar-refractivity contribution in [3.63, 3.8) is 0 Å². The van der Waals surface area contributed by atoms with E-state index in [9.17, 15) is 5.11 Å². The van der Waals surface area contributed by atoms with Gasteiger partial charge in [-0.15, -0.1) is 0 Å². The van der Waals surface area contributed by atoms with E-state index in [-0.39, 0.29) is 6.61 Å². The van der Waals surface area contributed by atoms with Crippen molar-refractivity contribution >= 4 is 34.1 Å². The number of para-hydroxylation sites is 1. The molecule has 2 aromatic heterocycles. The zero-order chi connectivity index (χ0) is 25.4. The van der Waals surface area contributed by atoms with Crippen molar-refractivity contribution in [3.05, 3.63) is 71.0 Å². The molecule has 0 radical (unpaired) electrons. The molecule has 192 valence electrons. The molecule has 2 fully saturated rings. The van der Waals surface area contributed by atoms with Crippen LogP contribution in [-0.2, 0) is 6.54 Å². The number of rotatable bonds is 8. The molecule has 1 saturated carbocycles. The highest BCUT2D eigenvalue weighted by atomic mass is 35.5. The number of anilines is 2. The molecule has 6 rings (SSSR count). The summed E-state index contributed by atoms with van der Waals surface area (Å²) in [5.41, 5.74) is 6.43. The number of aromatic nitrogens is 3. The third-order valence-corrected chi connectivity index (χ3v) is 7.83. The summed E-state index contributed by atoms with van der Waals surface area (Å²) in [5, 5.41) is 14.4. The van der Waals surface area contributed by atoms with Crippen LogP contribution in [0, 0.1) is 0 Å². The first-order valence-corrected chi connectivity index (χ1v) is 13.5. The lowest BCUT2D eigenvalue weighted by Gasteiger charge is -2.39. The van der Waals surface area contributed by atoms with Gasteiger partial charge in [0.25, 0.3) is 0 Å². The number of nitrogens with one attached hydrogen (secondary N) is 2. The van der Waals surface area contributed by atoms with Gasteiger partial charge in [0, 0.05) is 67.1 Å². The number of β-amino-alcohol motifs (C(OH)–C–C–N with tert-alkyl or cyclic N) is 1. The lowest BCUT2D eigenvalue weighted by Crippen LogP contribution is -2.52. The van der Waals surface area contributed by atoms with Gasteiger partial charge >= 0.3 is 0 Å². The van der Waals surface area contributed by atoms with Crippen molar-refractivity contribution in [1.29, 1.82) is 0 Å². The molecule has 0 spiro atoms. The zero-order valence-corrected chi connectivity index (χ0v) is 21.9. The fraction of sp³-hybridized carbons (Fsp3) is 0.379. The second-order valence-electron chi connectivity index (χ2n) is 10.3. The average molecular weight is 517 g/mol. The third kappa shape index (κ3) is 5.36. The predicted molar refractivity (Wildman–Crippen MR) is 149 cm³/mol. The molecular weight excluding hydrogens is 484 g/mol. The van der Waals surface area contributed by atoms with Gasteiger partial charge in [0.05, 0.1) is 23.5 Å². The molecule has 2 aliphatic rings. The first-order valence-electron chi connectivity index (χ1n) is 13.1. The molecule has 7 nitrogen and oxygen atoms in total. The number of hydrogen-bond acceptors (Lipinski definition) is 6. The van der Waals surface area contributed by atoms with Crippen LogP contribution < -0.4 is 5.32 Å². The van der Waals surface area contributed by atoms with Crippen LogP contribution in [0.4, 0.5) is 11.6 Å². The van der Waals surface area contributed by atoms with Crippen LogP contribution in [0.5, 0.6) is 0 Å². The summed E-state index contributed by atoms with van der Waals surface area (Å²) in [5.74, 6) is 1.18. The van der Waals surface area contributed by atoms with E-state index in [0.29, 0.717) is 28.6 Å². The van der Waals surface area contributed by atoms with Crippen molar-refractivity contribution in [3.8, 4) is 11.3 Å². The van der Waals surface area contributed by atoms with Gasteiger partial charge in [-0.05, 0) is 55.0 Å². The Morgan fingerprint density at radius 3 is 2.84 bits per heavy atom. The Kier molecular flexibility index (Phi) is 6.86. The lowest BCUT2D eigenvalue weighted by atomic mass is 10.0. The van der Waals surface area contributed by atoms with E-state index >= 15 is 0 Å². The average Bonchev–Trinajstić information content (AvgIpc) is 3.66. The molecular formula is C29H33ClN6O. The minimum atomic E-state index is 0.220. The van der Waals surface area contributed by atoms with Crippen molar-refractivity contribution in [2.45, 2.75) is 38.3 Å². The maximum absolute atomic E-state index is 9.33. The number of halogens is 1. The molecule has 4 aromatic rings. The summed E-state index contributed by atoms with van der Waals surface area (Å²) in [4.78, 5) is 17.5. The Balaban J connectivity index is 1.24. The van der Waals surface area contributed by atoms with E-state index in [4.69, 9.17) is 16.6 Å². The normalized spacial score (nSPS) is 18.9. The number of aliphatic hydroxyl groups excluding tert-OH is 1. The van der Waals surface area contributed by atoms with E-state index in [0.717, 1.165) is 54.9 Å². The Labute approximate surface area is 222 Å². The van der Waals surface area contributed by atoms with E-state index in [1.807, 2.05) is 24.4 Å². The number of aliphatic hydroxyl groups is 1. The molecule has 1 saturated heterocycles. The zero-order valence-electron chi connectivity index (χ0n) is 21.1. The van der Waals surface area contributed by atoms with Crippen LogP contribution in [-0.4, -0.2) is 68.7 Å². The quantitative estimate of drug-likeness (QED) is 0.291. The number of hydrogen-bond donors (Lipinski definition) is 3. The SMILES string of the molecule is C[C@H]1CN(Cc2cc(Nc3ncc(Cl)c(-c4c[nH]c5ccccc45)n3)cc(C3CC3)c2)CCN1CCO. The van der Waals surface area contributed by atoms with Crippen molar-refractivity contribution < 1.29 is 5.11 Å². The number of piperazine rings is 1. The van der Waals surface area contributed by atoms with Crippen LogP contribution in [0.2, 0.25) is 5.02 Å². The van der Waals surface area contributed by atoms with Gasteiger partial charge in [-0.1, -0.05) is 35.9 Å². The Hall–Kier alpha value is -2.97. The first-order chi connectivity index (χ1) is 18.1. The van der Waals surface area contributed by atoms with Crippen molar-refractivity contribution in [1.82, 2.24) is 24.8 Å². The van der Waals surface area contributed by atoms with Crippen LogP contribution in [0.15, 0.2) is 54.9 Å². The van der Waals surface area contributed by atoms with Gasteiger partial charge in [0.1, 0.15) is 0 Å². The maximum Gasteiger partial charge on any atom is 0.227 e. The van der Waals surface area contributed by atoms with Crippen LogP contribution in [0.1, 0.15) is 36.8 Å². The highest BCUT2D eigenvalue weighted by Gasteiger charge is 2.26. The lowest BCUT2D eigenvalue weighted by molar-refractivity contribution is 0.0647. The smallest absolute Gasteiger partial charge is 0.227 e. The van der Waals surface area contributed by atoms with E-state index in [2.05, 4.69) is 56.3 Å². The summed E-state index contributed by atoms with van der Waals surface area (Å²) in [6.45, 7) is 7.14. The summed E-state index contributed by atoms with van der Waals surface area (Å²) in [6.07, 6.45) is 6.13. The molecule has 2 aromatic carbocycles.